The molecule has 0 aliphatic heterocycles. The van der Waals surface area contributed by atoms with Crippen LogP contribution in [0.25, 0.3) is 0 Å². The number of rotatable bonds is 32. The van der Waals surface area contributed by atoms with Crippen molar-refractivity contribution in [3.05, 3.63) is 36.5 Å². The zero-order valence-corrected chi connectivity index (χ0v) is 28.2. The SMILES string of the molecule is CCCCC/C=C\C/C=C\C/C=C\CCCCCCC(=O)OC[C@H](O)COC(=O)CCCCCCCCCCCCCC. The summed E-state index contributed by atoms with van der Waals surface area (Å²) in [6.07, 6.45) is 40.4. The van der Waals surface area contributed by atoms with E-state index >= 15 is 0 Å². The van der Waals surface area contributed by atoms with E-state index in [1.807, 2.05) is 0 Å². The maximum Gasteiger partial charge on any atom is 0.305 e. The highest BCUT2D eigenvalue weighted by atomic mass is 16.6. The molecule has 5 nitrogen and oxygen atoms in total. The number of aliphatic hydroxyl groups is 1. The van der Waals surface area contributed by atoms with Crippen LogP contribution in [0.4, 0.5) is 0 Å². The number of aliphatic hydroxyl groups excluding tert-OH is 1. The first-order valence-electron chi connectivity index (χ1n) is 18.0. The molecule has 0 heterocycles. The van der Waals surface area contributed by atoms with Crippen LogP contribution in [0.15, 0.2) is 36.5 Å². The van der Waals surface area contributed by atoms with E-state index in [2.05, 4.69) is 50.3 Å². The fraction of sp³-hybridized carbons (Fsp3) is 0.789. The summed E-state index contributed by atoms with van der Waals surface area (Å²) in [5, 5.41) is 9.97. The molecule has 1 N–H and O–H groups in total. The molecular weight excluding hydrogens is 536 g/mol. The fourth-order valence-electron chi connectivity index (χ4n) is 4.86. The predicted octanol–water partition coefficient (Wildman–Crippen LogP) is 10.9. The summed E-state index contributed by atoms with van der Waals surface area (Å²) in [5.41, 5.74) is 0. The van der Waals surface area contributed by atoms with Crippen molar-refractivity contribution in [2.75, 3.05) is 13.2 Å². The van der Waals surface area contributed by atoms with Gasteiger partial charge in [-0.25, -0.2) is 0 Å². The Morgan fingerprint density at radius 1 is 0.488 bits per heavy atom. The quantitative estimate of drug-likeness (QED) is 0.0470. The Labute approximate surface area is 266 Å². The van der Waals surface area contributed by atoms with Crippen LogP contribution in [0, 0.1) is 0 Å². The number of hydrogen-bond donors (Lipinski definition) is 1. The Hall–Kier alpha value is -1.88. The topological polar surface area (TPSA) is 72.8 Å². The molecule has 0 aliphatic carbocycles. The van der Waals surface area contributed by atoms with E-state index in [4.69, 9.17) is 9.47 Å². The minimum absolute atomic E-state index is 0.121. The number of allylic oxidation sites excluding steroid dienone is 6. The molecular formula is C38H68O5. The molecule has 1 atom stereocenters. The van der Waals surface area contributed by atoms with Crippen LogP contribution in [-0.4, -0.2) is 36.4 Å². The zero-order chi connectivity index (χ0) is 31.5. The van der Waals surface area contributed by atoms with E-state index < -0.39 is 6.10 Å². The number of esters is 2. The average Bonchev–Trinajstić information content (AvgIpc) is 3.01. The molecule has 0 aliphatic rings. The van der Waals surface area contributed by atoms with Crippen molar-refractivity contribution in [3.8, 4) is 0 Å². The number of ether oxygens (including phenoxy) is 2. The third-order valence-electron chi connectivity index (χ3n) is 7.63. The second kappa shape index (κ2) is 34.6. The van der Waals surface area contributed by atoms with E-state index in [9.17, 15) is 14.7 Å². The van der Waals surface area contributed by atoms with Crippen LogP contribution in [0.2, 0.25) is 0 Å². The minimum atomic E-state index is -0.969. The van der Waals surface area contributed by atoms with Gasteiger partial charge in [-0.1, -0.05) is 147 Å². The van der Waals surface area contributed by atoms with Gasteiger partial charge in [0.15, 0.2) is 0 Å². The molecule has 0 radical (unpaired) electrons. The summed E-state index contributed by atoms with van der Waals surface area (Å²) >= 11 is 0. The monoisotopic (exact) mass is 605 g/mol. The van der Waals surface area contributed by atoms with Gasteiger partial charge in [-0.2, -0.15) is 0 Å². The lowest BCUT2D eigenvalue weighted by Crippen LogP contribution is -2.25. The number of hydrogen-bond acceptors (Lipinski definition) is 5. The Bertz CT molecular complexity index is 696. The third-order valence-corrected chi connectivity index (χ3v) is 7.63. The predicted molar refractivity (Wildman–Crippen MR) is 182 cm³/mol. The van der Waals surface area contributed by atoms with Crippen molar-refractivity contribution in [2.24, 2.45) is 0 Å². The summed E-state index contributed by atoms with van der Waals surface area (Å²) in [6, 6.07) is 0. The molecule has 0 bridgehead atoms. The number of unbranched alkanes of at least 4 members (excludes halogenated alkanes) is 18. The molecule has 0 aromatic carbocycles. The van der Waals surface area contributed by atoms with Crippen molar-refractivity contribution in [2.45, 2.75) is 180 Å². The van der Waals surface area contributed by atoms with Crippen molar-refractivity contribution in [3.63, 3.8) is 0 Å². The van der Waals surface area contributed by atoms with Gasteiger partial charge in [-0.15, -0.1) is 0 Å². The molecule has 0 aromatic heterocycles. The smallest absolute Gasteiger partial charge is 0.305 e. The van der Waals surface area contributed by atoms with Crippen molar-refractivity contribution in [1.82, 2.24) is 0 Å². The second-order valence-electron chi connectivity index (χ2n) is 12.0. The maximum absolute atomic E-state index is 11.9. The fourth-order valence-corrected chi connectivity index (χ4v) is 4.86. The highest BCUT2D eigenvalue weighted by Gasteiger charge is 2.12. The molecule has 0 unspecified atom stereocenters. The Morgan fingerprint density at radius 3 is 1.26 bits per heavy atom. The molecule has 0 rings (SSSR count). The summed E-state index contributed by atoms with van der Waals surface area (Å²) in [6.45, 7) is 4.24. The van der Waals surface area contributed by atoms with E-state index in [0.717, 1.165) is 64.2 Å². The van der Waals surface area contributed by atoms with Crippen molar-refractivity contribution in [1.29, 1.82) is 0 Å². The van der Waals surface area contributed by atoms with Gasteiger partial charge in [0, 0.05) is 12.8 Å². The first-order chi connectivity index (χ1) is 21.1. The first-order valence-corrected chi connectivity index (χ1v) is 18.0. The van der Waals surface area contributed by atoms with Crippen LogP contribution in [0.1, 0.15) is 174 Å². The summed E-state index contributed by atoms with van der Waals surface area (Å²) in [4.78, 5) is 23.8. The Kier molecular flexibility index (Phi) is 33.1. The molecule has 0 aromatic rings. The highest BCUT2D eigenvalue weighted by molar-refractivity contribution is 5.69. The van der Waals surface area contributed by atoms with Gasteiger partial charge in [0.05, 0.1) is 0 Å². The number of carbonyl (C=O) groups is 2. The molecule has 0 saturated heterocycles. The lowest BCUT2D eigenvalue weighted by molar-refractivity contribution is -0.152. The van der Waals surface area contributed by atoms with Crippen LogP contribution in [-0.2, 0) is 19.1 Å². The molecule has 0 amide bonds. The zero-order valence-electron chi connectivity index (χ0n) is 28.2. The largest absolute Gasteiger partial charge is 0.463 e. The van der Waals surface area contributed by atoms with Crippen LogP contribution < -0.4 is 0 Å². The minimum Gasteiger partial charge on any atom is -0.463 e. The van der Waals surface area contributed by atoms with Gasteiger partial charge < -0.3 is 14.6 Å². The molecule has 5 heteroatoms. The molecule has 43 heavy (non-hydrogen) atoms. The van der Waals surface area contributed by atoms with E-state index in [1.165, 1.54) is 83.5 Å². The van der Waals surface area contributed by atoms with Crippen molar-refractivity contribution >= 4 is 11.9 Å². The van der Waals surface area contributed by atoms with Crippen LogP contribution in [0.5, 0.6) is 0 Å². The summed E-state index contributed by atoms with van der Waals surface area (Å²) in [5.74, 6) is -0.589. The van der Waals surface area contributed by atoms with Crippen LogP contribution >= 0.6 is 0 Å². The van der Waals surface area contributed by atoms with Gasteiger partial charge >= 0.3 is 11.9 Å². The summed E-state index contributed by atoms with van der Waals surface area (Å²) < 4.78 is 10.3. The van der Waals surface area contributed by atoms with E-state index in [0.29, 0.717) is 12.8 Å². The van der Waals surface area contributed by atoms with E-state index in [-0.39, 0.29) is 25.2 Å². The average molecular weight is 605 g/mol. The lowest BCUT2D eigenvalue weighted by atomic mass is 10.0. The van der Waals surface area contributed by atoms with Gasteiger partial charge in [0.2, 0.25) is 0 Å². The first kappa shape index (κ1) is 41.1. The second-order valence-corrected chi connectivity index (χ2v) is 12.0. The number of carbonyl (C=O) groups excluding carboxylic acids is 2. The Balaban J connectivity index is 3.49. The summed E-state index contributed by atoms with van der Waals surface area (Å²) in [7, 11) is 0. The van der Waals surface area contributed by atoms with Crippen molar-refractivity contribution < 1.29 is 24.2 Å². The Morgan fingerprint density at radius 2 is 0.814 bits per heavy atom. The van der Waals surface area contributed by atoms with Gasteiger partial charge in [0.25, 0.3) is 0 Å². The van der Waals surface area contributed by atoms with Gasteiger partial charge in [-0.3, -0.25) is 9.59 Å². The molecule has 0 saturated carbocycles. The maximum atomic E-state index is 11.9. The lowest BCUT2D eigenvalue weighted by Gasteiger charge is -2.12. The van der Waals surface area contributed by atoms with Crippen LogP contribution in [0.3, 0.4) is 0 Å². The normalized spacial score (nSPS) is 12.5. The molecule has 0 fully saturated rings. The van der Waals surface area contributed by atoms with Gasteiger partial charge in [0.1, 0.15) is 19.3 Å². The third kappa shape index (κ3) is 34.5. The standard InChI is InChI=1S/C38H68O5/c1-3-5-7-9-11-13-15-17-18-19-20-21-23-25-27-29-31-33-38(41)43-35-36(39)34-42-37(40)32-30-28-26-24-22-16-14-12-10-8-6-4-2/h11,13,17-18,20-21,36,39H,3-10,12,14-16,19,22-35H2,1-2H3/b13-11-,18-17-,21-20-/t36-/m1/s1. The van der Waals surface area contributed by atoms with E-state index in [1.54, 1.807) is 0 Å². The highest BCUT2D eigenvalue weighted by Crippen LogP contribution is 2.13. The molecule has 250 valence electrons. The molecule has 0 spiro atoms. The van der Waals surface area contributed by atoms with Gasteiger partial charge in [-0.05, 0) is 51.4 Å².